The zero-order valence-electron chi connectivity index (χ0n) is 19.2. The molecule has 2 aliphatic heterocycles. The van der Waals surface area contributed by atoms with Crippen LogP contribution in [0.25, 0.3) is 0 Å². The van der Waals surface area contributed by atoms with Gasteiger partial charge in [-0.3, -0.25) is 14.5 Å². The summed E-state index contributed by atoms with van der Waals surface area (Å²) in [5, 5.41) is 5.28. The first kappa shape index (κ1) is 23.9. The van der Waals surface area contributed by atoms with E-state index in [2.05, 4.69) is 17.6 Å². The number of imide groups is 1. The van der Waals surface area contributed by atoms with Crippen LogP contribution in [0.15, 0.2) is 59.5 Å². The van der Waals surface area contributed by atoms with Crippen LogP contribution in [0.5, 0.6) is 0 Å². The maximum atomic E-state index is 12.9. The number of sulfonamides is 1. The number of amides is 4. The number of hydrogen-bond donors (Lipinski definition) is 2. The Kier molecular flexibility index (Phi) is 6.46. The number of anilines is 1. The summed E-state index contributed by atoms with van der Waals surface area (Å²) >= 11 is 0. The molecule has 2 heterocycles. The Hall–Kier alpha value is -3.24. The molecule has 2 aromatic rings. The number of carbonyl (C=O) groups is 3. The number of urea groups is 1. The first-order chi connectivity index (χ1) is 16.1. The molecule has 180 valence electrons. The number of hydrogen-bond acceptors (Lipinski definition) is 5. The van der Waals surface area contributed by atoms with E-state index in [1.165, 1.54) is 28.6 Å². The first-order valence-electron chi connectivity index (χ1n) is 11.2. The summed E-state index contributed by atoms with van der Waals surface area (Å²) < 4.78 is 27.2. The number of rotatable bonds is 6. The van der Waals surface area contributed by atoms with Gasteiger partial charge in [-0.1, -0.05) is 37.3 Å². The van der Waals surface area contributed by atoms with Gasteiger partial charge >= 0.3 is 6.03 Å². The van der Waals surface area contributed by atoms with Crippen molar-refractivity contribution in [1.29, 1.82) is 0 Å². The minimum atomic E-state index is -3.59. The third-order valence-corrected chi connectivity index (χ3v) is 8.36. The summed E-state index contributed by atoms with van der Waals surface area (Å²) in [7, 11) is -3.59. The van der Waals surface area contributed by atoms with Crippen molar-refractivity contribution in [3.05, 3.63) is 60.2 Å². The van der Waals surface area contributed by atoms with E-state index in [9.17, 15) is 22.8 Å². The van der Waals surface area contributed by atoms with Crippen LogP contribution in [0.1, 0.15) is 32.3 Å². The van der Waals surface area contributed by atoms with E-state index >= 15 is 0 Å². The molecule has 4 rings (SSSR count). The van der Waals surface area contributed by atoms with Crippen LogP contribution < -0.4 is 10.6 Å². The number of benzene rings is 2. The highest BCUT2D eigenvalue weighted by molar-refractivity contribution is 7.89. The van der Waals surface area contributed by atoms with E-state index in [1.807, 2.05) is 6.07 Å². The average molecular weight is 485 g/mol. The summed E-state index contributed by atoms with van der Waals surface area (Å²) in [6.07, 6.45) is 1.67. The summed E-state index contributed by atoms with van der Waals surface area (Å²) in [5.74, 6) is -0.572. The Morgan fingerprint density at radius 2 is 1.68 bits per heavy atom. The molecule has 34 heavy (non-hydrogen) atoms. The highest BCUT2D eigenvalue weighted by Crippen LogP contribution is 2.29. The lowest BCUT2D eigenvalue weighted by molar-refractivity contribution is -0.133. The van der Waals surface area contributed by atoms with Crippen molar-refractivity contribution >= 4 is 33.6 Å². The molecule has 2 aromatic carbocycles. The van der Waals surface area contributed by atoms with Crippen LogP contribution in [0.4, 0.5) is 10.5 Å². The van der Waals surface area contributed by atoms with E-state index in [4.69, 9.17) is 0 Å². The van der Waals surface area contributed by atoms with E-state index in [0.717, 1.165) is 17.7 Å². The average Bonchev–Trinajstić information content (AvgIpc) is 3.04. The molecular weight excluding hydrogens is 456 g/mol. The lowest BCUT2D eigenvalue weighted by Gasteiger charge is -2.29. The Morgan fingerprint density at radius 1 is 1.06 bits per heavy atom. The van der Waals surface area contributed by atoms with Gasteiger partial charge in [0.25, 0.3) is 5.91 Å². The predicted molar refractivity (Wildman–Crippen MR) is 126 cm³/mol. The fourth-order valence-electron chi connectivity index (χ4n) is 4.24. The molecule has 0 radical (unpaired) electrons. The van der Waals surface area contributed by atoms with Crippen LogP contribution >= 0.6 is 0 Å². The van der Waals surface area contributed by atoms with Crippen molar-refractivity contribution in [2.45, 2.75) is 37.1 Å². The molecule has 0 unspecified atom stereocenters. The van der Waals surface area contributed by atoms with Crippen LogP contribution in [-0.2, 0) is 25.2 Å². The Balaban J connectivity index is 1.40. The van der Waals surface area contributed by atoms with E-state index < -0.39 is 40.0 Å². The zero-order valence-corrected chi connectivity index (χ0v) is 20.0. The lowest BCUT2D eigenvalue weighted by atomic mass is 9.92. The molecule has 2 aliphatic rings. The molecule has 2 saturated heterocycles. The van der Waals surface area contributed by atoms with Crippen LogP contribution in [-0.4, -0.2) is 55.1 Å². The SMILES string of the molecule is CC1CCN(S(=O)(=O)c2ccc(NC(=O)CN3C(=O)N[C@@](C)(c4ccccc4)C3=O)cc2)CC1. The maximum absolute atomic E-state index is 12.9. The summed E-state index contributed by atoms with van der Waals surface area (Å²) in [6.45, 7) is 4.25. The second-order valence-corrected chi connectivity index (χ2v) is 10.9. The van der Waals surface area contributed by atoms with Crippen LogP contribution in [0.2, 0.25) is 0 Å². The molecule has 0 bridgehead atoms. The van der Waals surface area contributed by atoms with Crippen molar-refractivity contribution in [2.24, 2.45) is 5.92 Å². The smallest absolute Gasteiger partial charge is 0.325 e. The molecule has 0 spiro atoms. The van der Waals surface area contributed by atoms with Gasteiger partial charge in [0.1, 0.15) is 12.1 Å². The third-order valence-electron chi connectivity index (χ3n) is 6.45. The Morgan fingerprint density at radius 3 is 2.29 bits per heavy atom. The molecule has 9 nitrogen and oxygen atoms in total. The molecular formula is C24H28N4O5S. The fraction of sp³-hybridized carbons (Fsp3) is 0.375. The van der Waals surface area contributed by atoms with Gasteiger partial charge in [0.05, 0.1) is 4.90 Å². The maximum Gasteiger partial charge on any atom is 0.325 e. The zero-order chi connectivity index (χ0) is 24.5. The number of nitrogens with one attached hydrogen (secondary N) is 2. The van der Waals surface area contributed by atoms with Gasteiger partial charge in [-0.05, 0) is 55.5 Å². The van der Waals surface area contributed by atoms with Crippen molar-refractivity contribution in [1.82, 2.24) is 14.5 Å². The molecule has 10 heteroatoms. The van der Waals surface area contributed by atoms with Crippen molar-refractivity contribution in [3.63, 3.8) is 0 Å². The normalized spacial score (nSPS) is 22.0. The number of nitrogens with zero attached hydrogens (tertiary/aromatic N) is 2. The topological polar surface area (TPSA) is 116 Å². The van der Waals surface area contributed by atoms with Crippen LogP contribution in [0, 0.1) is 5.92 Å². The molecule has 0 aromatic heterocycles. The first-order valence-corrected chi connectivity index (χ1v) is 12.6. The minimum absolute atomic E-state index is 0.160. The highest BCUT2D eigenvalue weighted by atomic mass is 32.2. The van der Waals surface area contributed by atoms with Gasteiger partial charge in [-0.2, -0.15) is 4.31 Å². The second kappa shape index (κ2) is 9.19. The number of carbonyl (C=O) groups excluding carboxylic acids is 3. The molecule has 1 atom stereocenters. The monoisotopic (exact) mass is 484 g/mol. The molecule has 4 amide bonds. The van der Waals surface area contributed by atoms with Crippen molar-refractivity contribution < 1.29 is 22.8 Å². The lowest BCUT2D eigenvalue weighted by Crippen LogP contribution is -2.42. The standard InChI is InChI=1S/C24H28N4O5S/c1-17-12-14-27(15-13-17)34(32,33)20-10-8-19(9-11-20)25-21(29)16-28-22(30)24(2,26-23(28)31)18-6-4-3-5-7-18/h3-11,17H,12-16H2,1-2H3,(H,25,29)(H,26,31)/t24-/m0/s1. The van der Waals surface area contributed by atoms with Crippen molar-refractivity contribution in [3.8, 4) is 0 Å². The van der Waals surface area contributed by atoms with Gasteiger partial charge in [0, 0.05) is 18.8 Å². The largest absolute Gasteiger partial charge is 0.325 e. The summed E-state index contributed by atoms with van der Waals surface area (Å²) in [4.78, 5) is 39.0. The molecule has 2 fully saturated rings. The molecule has 2 N–H and O–H groups in total. The van der Waals surface area contributed by atoms with Gasteiger partial charge in [-0.15, -0.1) is 0 Å². The molecule has 0 saturated carbocycles. The second-order valence-electron chi connectivity index (χ2n) is 8.97. The quantitative estimate of drug-likeness (QED) is 0.612. The molecule has 0 aliphatic carbocycles. The third kappa shape index (κ3) is 4.55. The Bertz CT molecular complexity index is 1190. The highest BCUT2D eigenvalue weighted by Gasteiger charge is 2.49. The van der Waals surface area contributed by atoms with Gasteiger partial charge in [-0.25, -0.2) is 13.2 Å². The summed E-state index contributed by atoms with van der Waals surface area (Å²) in [6, 6.07) is 14.1. The van der Waals surface area contributed by atoms with E-state index in [-0.39, 0.29) is 4.90 Å². The van der Waals surface area contributed by atoms with Crippen LogP contribution in [0.3, 0.4) is 0 Å². The van der Waals surface area contributed by atoms with E-state index in [0.29, 0.717) is 30.3 Å². The van der Waals surface area contributed by atoms with Gasteiger partial charge < -0.3 is 10.6 Å². The van der Waals surface area contributed by atoms with Crippen molar-refractivity contribution in [2.75, 3.05) is 25.0 Å². The van der Waals surface area contributed by atoms with Gasteiger partial charge in [0.15, 0.2) is 0 Å². The predicted octanol–water partition coefficient (Wildman–Crippen LogP) is 2.51. The van der Waals surface area contributed by atoms with Gasteiger partial charge in [0.2, 0.25) is 15.9 Å². The fourth-order valence-corrected chi connectivity index (χ4v) is 5.71. The Labute approximate surface area is 199 Å². The summed E-state index contributed by atoms with van der Waals surface area (Å²) in [5.41, 5.74) is -0.258. The van der Waals surface area contributed by atoms with E-state index in [1.54, 1.807) is 31.2 Å². The minimum Gasteiger partial charge on any atom is -0.325 e. The number of piperidine rings is 1.